The highest BCUT2D eigenvalue weighted by Gasteiger charge is 2.26. The van der Waals surface area contributed by atoms with Crippen molar-refractivity contribution in [3.05, 3.63) is 67.6 Å². The number of carbonyl (C=O) groups excluding carboxylic acids is 1. The van der Waals surface area contributed by atoms with Gasteiger partial charge in [0.05, 0.1) is 21.6 Å². The van der Waals surface area contributed by atoms with Gasteiger partial charge in [-0.15, -0.1) is 0 Å². The fourth-order valence-electron chi connectivity index (χ4n) is 3.26. The Hall–Kier alpha value is -1.96. The highest BCUT2D eigenvalue weighted by atomic mass is 79.9. The molecule has 8 heteroatoms. The molecule has 2 aromatic carbocycles. The summed E-state index contributed by atoms with van der Waals surface area (Å²) in [4.78, 5) is 25.4. The van der Waals surface area contributed by atoms with E-state index in [4.69, 9.17) is 11.6 Å². The van der Waals surface area contributed by atoms with Gasteiger partial charge in [0.15, 0.2) is 0 Å². The monoisotopic (exact) mass is 451 g/mol. The van der Waals surface area contributed by atoms with E-state index in [9.17, 15) is 14.9 Å². The zero-order chi connectivity index (χ0) is 19.4. The van der Waals surface area contributed by atoms with Gasteiger partial charge in [-0.1, -0.05) is 39.7 Å². The van der Waals surface area contributed by atoms with E-state index in [1.807, 2.05) is 12.1 Å². The number of non-ortho nitro benzene ring substituents is 1. The fourth-order valence-corrected chi connectivity index (χ4v) is 3.88. The van der Waals surface area contributed by atoms with Crippen molar-refractivity contribution in [1.29, 1.82) is 0 Å². The number of benzene rings is 2. The number of amides is 1. The van der Waals surface area contributed by atoms with Crippen LogP contribution < -0.4 is 5.32 Å². The minimum atomic E-state index is -0.508. The molecule has 142 valence electrons. The first-order valence-corrected chi connectivity index (χ1v) is 9.81. The zero-order valence-electron chi connectivity index (χ0n) is 14.5. The van der Waals surface area contributed by atoms with Gasteiger partial charge in [0.2, 0.25) is 5.91 Å². The zero-order valence-corrected chi connectivity index (χ0v) is 16.9. The van der Waals surface area contributed by atoms with Gasteiger partial charge in [-0.05, 0) is 43.1 Å². The maximum absolute atomic E-state index is 12.7. The van der Waals surface area contributed by atoms with Crippen molar-refractivity contribution >= 4 is 44.8 Å². The molecule has 0 radical (unpaired) electrons. The summed E-state index contributed by atoms with van der Waals surface area (Å²) in [5.74, 6) is -0.336. The van der Waals surface area contributed by atoms with E-state index in [1.54, 1.807) is 0 Å². The van der Waals surface area contributed by atoms with Crippen LogP contribution >= 0.6 is 27.5 Å². The van der Waals surface area contributed by atoms with Crippen molar-refractivity contribution < 1.29 is 9.72 Å². The molecule has 0 bridgehead atoms. The van der Waals surface area contributed by atoms with Crippen LogP contribution in [0.15, 0.2) is 46.9 Å². The Balaban J connectivity index is 1.65. The lowest BCUT2D eigenvalue weighted by Gasteiger charge is -2.32. The van der Waals surface area contributed by atoms with Crippen molar-refractivity contribution in [2.24, 2.45) is 5.92 Å². The van der Waals surface area contributed by atoms with Crippen molar-refractivity contribution in [3.63, 3.8) is 0 Å². The third kappa shape index (κ3) is 5.28. The summed E-state index contributed by atoms with van der Waals surface area (Å²) in [6.45, 7) is 2.36. The van der Waals surface area contributed by atoms with Gasteiger partial charge in [-0.2, -0.15) is 0 Å². The topological polar surface area (TPSA) is 75.5 Å². The average molecular weight is 453 g/mol. The lowest BCUT2D eigenvalue weighted by Crippen LogP contribution is -2.40. The molecule has 1 heterocycles. The van der Waals surface area contributed by atoms with Crippen molar-refractivity contribution in [2.45, 2.75) is 19.4 Å². The van der Waals surface area contributed by atoms with Crippen LogP contribution in [-0.2, 0) is 11.3 Å². The van der Waals surface area contributed by atoms with E-state index in [-0.39, 0.29) is 28.2 Å². The number of hydrogen-bond acceptors (Lipinski definition) is 4. The van der Waals surface area contributed by atoms with Crippen molar-refractivity contribution in [3.8, 4) is 0 Å². The first-order chi connectivity index (χ1) is 12.9. The molecule has 1 N–H and O–H groups in total. The van der Waals surface area contributed by atoms with Crippen LogP contribution in [0.1, 0.15) is 18.4 Å². The summed E-state index contributed by atoms with van der Waals surface area (Å²) < 4.78 is 1.03. The molecule has 6 nitrogen and oxygen atoms in total. The predicted octanol–water partition coefficient (Wildman–Crippen LogP) is 4.86. The van der Waals surface area contributed by atoms with Crippen LogP contribution in [0.4, 0.5) is 11.4 Å². The maximum atomic E-state index is 12.7. The quantitative estimate of drug-likeness (QED) is 0.519. The number of nitrogens with one attached hydrogen (secondary N) is 1. The summed E-state index contributed by atoms with van der Waals surface area (Å²) >= 11 is 9.56. The third-order valence-corrected chi connectivity index (χ3v) is 5.41. The number of carbonyl (C=O) groups is 1. The number of nitro benzene ring substituents is 1. The second-order valence-corrected chi connectivity index (χ2v) is 7.94. The van der Waals surface area contributed by atoms with E-state index in [1.165, 1.54) is 23.8 Å². The Kier molecular flexibility index (Phi) is 6.46. The number of anilines is 1. The molecule has 1 aliphatic rings. The van der Waals surface area contributed by atoms with Gasteiger partial charge in [0, 0.05) is 29.7 Å². The van der Waals surface area contributed by atoms with E-state index in [2.05, 4.69) is 38.3 Å². The standard InChI is InChI=1S/C19H19BrClN3O3/c20-15-5-1-3-13(9-15)11-23-8-2-4-14(12-23)19(25)22-18-10-16(24(26)27)6-7-17(18)21/h1,3,5-7,9-10,14H,2,4,8,11-12H2,(H,22,25). The first-order valence-electron chi connectivity index (χ1n) is 8.64. The van der Waals surface area contributed by atoms with Gasteiger partial charge in [0.1, 0.15) is 0 Å². The molecule has 0 aliphatic carbocycles. The normalized spacial score (nSPS) is 17.5. The number of nitrogens with zero attached hydrogens (tertiary/aromatic N) is 2. The second kappa shape index (κ2) is 8.82. The Bertz CT molecular complexity index is 862. The molecule has 2 aromatic rings. The smallest absolute Gasteiger partial charge is 0.271 e. The minimum Gasteiger partial charge on any atom is -0.324 e. The molecule has 0 aromatic heterocycles. The van der Waals surface area contributed by atoms with Gasteiger partial charge >= 0.3 is 0 Å². The van der Waals surface area contributed by atoms with E-state index in [0.29, 0.717) is 6.54 Å². The summed E-state index contributed by atoms with van der Waals surface area (Å²) in [6, 6.07) is 12.2. The van der Waals surface area contributed by atoms with E-state index in [0.717, 1.165) is 30.4 Å². The number of likely N-dealkylation sites (tertiary alicyclic amines) is 1. The van der Waals surface area contributed by atoms with Gasteiger partial charge in [0.25, 0.3) is 5.69 Å². The Morgan fingerprint density at radius 1 is 1.33 bits per heavy atom. The van der Waals surface area contributed by atoms with Crippen LogP contribution in [0.3, 0.4) is 0 Å². The predicted molar refractivity (Wildman–Crippen MR) is 109 cm³/mol. The largest absolute Gasteiger partial charge is 0.324 e. The number of rotatable bonds is 5. The molecule has 1 fully saturated rings. The number of hydrogen-bond donors (Lipinski definition) is 1. The summed E-state index contributed by atoms with van der Waals surface area (Å²) in [7, 11) is 0. The molecule has 1 atom stereocenters. The summed E-state index contributed by atoms with van der Waals surface area (Å²) in [6.07, 6.45) is 1.71. The van der Waals surface area contributed by atoms with Crippen molar-refractivity contribution in [1.82, 2.24) is 4.90 Å². The SMILES string of the molecule is O=C(Nc1cc([N+](=O)[O-])ccc1Cl)C1CCCN(Cc2cccc(Br)c2)C1. The lowest BCUT2D eigenvalue weighted by molar-refractivity contribution is -0.384. The molecule has 3 rings (SSSR count). The molecule has 1 saturated heterocycles. The van der Waals surface area contributed by atoms with Crippen LogP contribution in [0.5, 0.6) is 0 Å². The van der Waals surface area contributed by atoms with E-state index >= 15 is 0 Å². The second-order valence-electron chi connectivity index (χ2n) is 6.61. The Morgan fingerprint density at radius 3 is 2.89 bits per heavy atom. The molecule has 27 heavy (non-hydrogen) atoms. The molecule has 1 amide bonds. The fraction of sp³-hybridized carbons (Fsp3) is 0.316. The van der Waals surface area contributed by atoms with Crippen LogP contribution in [0.25, 0.3) is 0 Å². The molecule has 0 saturated carbocycles. The molecule has 1 unspecified atom stereocenters. The minimum absolute atomic E-state index is 0.102. The summed E-state index contributed by atoms with van der Waals surface area (Å²) in [5.41, 5.74) is 1.36. The van der Waals surface area contributed by atoms with Crippen LogP contribution in [0.2, 0.25) is 5.02 Å². The number of halogens is 2. The molecular weight excluding hydrogens is 434 g/mol. The van der Waals surface area contributed by atoms with Crippen LogP contribution in [-0.4, -0.2) is 28.8 Å². The highest BCUT2D eigenvalue weighted by molar-refractivity contribution is 9.10. The maximum Gasteiger partial charge on any atom is 0.271 e. The molecule has 1 aliphatic heterocycles. The van der Waals surface area contributed by atoms with Crippen LogP contribution in [0, 0.1) is 16.0 Å². The molecule has 0 spiro atoms. The van der Waals surface area contributed by atoms with Gasteiger partial charge < -0.3 is 5.32 Å². The highest BCUT2D eigenvalue weighted by Crippen LogP contribution is 2.28. The first kappa shape index (κ1) is 19.8. The number of piperidine rings is 1. The Morgan fingerprint density at radius 2 is 2.15 bits per heavy atom. The Labute approximate surface area is 170 Å². The molecular formula is C19H19BrClN3O3. The number of nitro groups is 1. The summed E-state index contributed by atoms with van der Waals surface area (Å²) in [5, 5.41) is 14.0. The van der Waals surface area contributed by atoms with Gasteiger partial charge in [-0.3, -0.25) is 19.8 Å². The lowest BCUT2D eigenvalue weighted by atomic mass is 9.96. The third-order valence-electron chi connectivity index (χ3n) is 4.59. The van der Waals surface area contributed by atoms with Gasteiger partial charge in [-0.25, -0.2) is 0 Å². The van der Waals surface area contributed by atoms with Crippen molar-refractivity contribution in [2.75, 3.05) is 18.4 Å². The van der Waals surface area contributed by atoms with E-state index < -0.39 is 4.92 Å². The average Bonchev–Trinajstić information content (AvgIpc) is 2.63.